The van der Waals surface area contributed by atoms with Gasteiger partial charge >= 0.3 is 12.1 Å². The number of nitrogens with one attached hydrogen (secondary N) is 1. The fraction of sp³-hybridized carbons (Fsp3) is 0.421. The molecule has 1 saturated heterocycles. The normalized spacial score (nSPS) is 14.2. The van der Waals surface area contributed by atoms with Crippen LogP contribution in [-0.2, 0) is 4.74 Å². The number of ether oxygens (including phenoxy) is 1. The average Bonchev–Trinajstić information content (AvgIpc) is 3.00. The van der Waals surface area contributed by atoms with Crippen LogP contribution in [0, 0.1) is 13.8 Å². The maximum atomic E-state index is 12.5. The lowest BCUT2D eigenvalue weighted by atomic mass is 10.2. The van der Waals surface area contributed by atoms with Crippen LogP contribution >= 0.6 is 0 Å². The second kappa shape index (κ2) is 8.11. The number of nitrogens with zero attached hydrogens (tertiary/aromatic N) is 4. The minimum absolute atomic E-state index is 0.177. The molecule has 0 spiro atoms. The van der Waals surface area contributed by atoms with Crippen LogP contribution in [0.4, 0.5) is 15.3 Å². The lowest BCUT2D eigenvalue weighted by Gasteiger charge is -2.34. The summed E-state index contributed by atoms with van der Waals surface area (Å²) in [7, 11) is 0. The first-order valence-corrected chi connectivity index (χ1v) is 9.09. The third-order valence-electron chi connectivity index (χ3n) is 4.44. The van der Waals surface area contributed by atoms with Gasteiger partial charge in [-0.1, -0.05) is 6.07 Å². The summed E-state index contributed by atoms with van der Waals surface area (Å²) in [6, 6.07) is 9.42. The van der Waals surface area contributed by atoms with E-state index in [-0.39, 0.29) is 12.1 Å². The van der Waals surface area contributed by atoms with Crippen LogP contribution in [0.1, 0.15) is 18.3 Å². The molecule has 0 aliphatic carbocycles. The highest BCUT2D eigenvalue weighted by molar-refractivity contribution is 5.89. The average molecular weight is 371 g/mol. The summed E-state index contributed by atoms with van der Waals surface area (Å²) in [6.07, 6.45) is -0.324. The number of amides is 3. The lowest BCUT2D eigenvalue weighted by molar-refractivity contribution is 0.0868. The van der Waals surface area contributed by atoms with Crippen LogP contribution in [0.15, 0.2) is 30.3 Å². The van der Waals surface area contributed by atoms with E-state index in [2.05, 4.69) is 10.4 Å². The number of carbonyl (C=O) groups excluding carboxylic acids is 2. The molecule has 1 N–H and O–H groups in total. The van der Waals surface area contributed by atoms with Gasteiger partial charge in [-0.05, 0) is 45.0 Å². The minimum Gasteiger partial charge on any atom is -0.450 e. The molecule has 8 nitrogen and oxygen atoms in total. The second-order valence-corrected chi connectivity index (χ2v) is 6.49. The standard InChI is InChI=1S/C19H25N5O3/c1-4-27-19(26)23-10-8-22(9-11-23)18(25)20-16-6-5-7-17(13-16)24-15(3)12-14(2)21-24/h5-7,12-13H,4,8-11H2,1-3H3,(H,20,25). The minimum atomic E-state index is -0.324. The zero-order valence-corrected chi connectivity index (χ0v) is 15.9. The predicted molar refractivity (Wildman–Crippen MR) is 102 cm³/mol. The number of aromatic nitrogens is 2. The van der Waals surface area contributed by atoms with E-state index < -0.39 is 0 Å². The molecule has 1 aliphatic rings. The van der Waals surface area contributed by atoms with E-state index in [1.807, 2.05) is 48.9 Å². The van der Waals surface area contributed by atoms with Crippen molar-refractivity contribution < 1.29 is 14.3 Å². The number of rotatable bonds is 3. The van der Waals surface area contributed by atoms with Gasteiger partial charge in [-0.15, -0.1) is 0 Å². The number of piperazine rings is 1. The Labute approximate surface area is 158 Å². The van der Waals surface area contributed by atoms with Crippen LogP contribution < -0.4 is 5.32 Å². The molecule has 0 radical (unpaired) electrons. The molecule has 0 bridgehead atoms. The van der Waals surface area contributed by atoms with Gasteiger partial charge in [-0.3, -0.25) is 0 Å². The topological polar surface area (TPSA) is 79.7 Å². The summed E-state index contributed by atoms with van der Waals surface area (Å²) in [5.41, 5.74) is 3.58. The van der Waals surface area contributed by atoms with E-state index in [4.69, 9.17) is 4.74 Å². The molecule has 27 heavy (non-hydrogen) atoms. The van der Waals surface area contributed by atoms with Crippen molar-refractivity contribution in [3.05, 3.63) is 41.7 Å². The first kappa shape index (κ1) is 18.8. The van der Waals surface area contributed by atoms with E-state index in [1.165, 1.54) is 0 Å². The third-order valence-corrected chi connectivity index (χ3v) is 4.44. The van der Waals surface area contributed by atoms with Gasteiger partial charge in [0.05, 0.1) is 18.0 Å². The molecule has 1 aromatic heterocycles. The Kier molecular flexibility index (Phi) is 5.63. The van der Waals surface area contributed by atoms with Gasteiger partial charge in [0.2, 0.25) is 0 Å². The van der Waals surface area contributed by atoms with E-state index in [1.54, 1.807) is 16.7 Å². The monoisotopic (exact) mass is 371 g/mol. The number of benzene rings is 1. The summed E-state index contributed by atoms with van der Waals surface area (Å²) in [4.78, 5) is 27.6. The van der Waals surface area contributed by atoms with Gasteiger partial charge in [0.25, 0.3) is 0 Å². The van der Waals surface area contributed by atoms with Crippen molar-refractivity contribution >= 4 is 17.8 Å². The Morgan fingerprint density at radius 2 is 1.81 bits per heavy atom. The summed E-state index contributed by atoms with van der Waals surface area (Å²) in [5, 5.41) is 7.40. The summed E-state index contributed by atoms with van der Waals surface area (Å²) in [5.74, 6) is 0. The maximum absolute atomic E-state index is 12.5. The Bertz CT molecular complexity index is 825. The van der Waals surface area contributed by atoms with Crippen LogP contribution in [0.3, 0.4) is 0 Å². The largest absolute Gasteiger partial charge is 0.450 e. The Morgan fingerprint density at radius 3 is 2.44 bits per heavy atom. The smallest absolute Gasteiger partial charge is 0.409 e. The molecule has 8 heteroatoms. The van der Waals surface area contributed by atoms with Crippen molar-refractivity contribution in [1.29, 1.82) is 0 Å². The van der Waals surface area contributed by atoms with Crippen LogP contribution in [0.5, 0.6) is 0 Å². The molecule has 0 atom stereocenters. The summed E-state index contributed by atoms with van der Waals surface area (Å²) in [6.45, 7) is 7.96. The molecule has 1 aliphatic heterocycles. The molecule has 1 aromatic carbocycles. The number of carbonyl (C=O) groups is 2. The SMILES string of the molecule is CCOC(=O)N1CCN(C(=O)Nc2cccc(-n3nc(C)cc3C)c2)CC1. The first-order chi connectivity index (χ1) is 13.0. The van der Waals surface area contributed by atoms with Gasteiger partial charge < -0.3 is 19.9 Å². The zero-order chi connectivity index (χ0) is 19.4. The molecule has 3 rings (SSSR count). The number of hydrogen-bond donors (Lipinski definition) is 1. The fourth-order valence-electron chi connectivity index (χ4n) is 3.12. The molecule has 144 valence electrons. The van der Waals surface area contributed by atoms with Crippen molar-refractivity contribution in [2.45, 2.75) is 20.8 Å². The van der Waals surface area contributed by atoms with E-state index >= 15 is 0 Å². The highest BCUT2D eigenvalue weighted by Crippen LogP contribution is 2.17. The number of anilines is 1. The van der Waals surface area contributed by atoms with Crippen LogP contribution in [0.2, 0.25) is 0 Å². The van der Waals surface area contributed by atoms with Gasteiger partial charge in [0.15, 0.2) is 0 Å². The highest BCUT2D eigenvalue weighted by atomic mass is 16.6. The maximum Gasteiger partial charge on any atom is 0.409 e. The Balaban J connectivity index is 1.61. The second-order valence-electron chi connectivity index (χ2n) is 6.49. The fourth-order valence-corrected chi connectivity index (χ4v) is 3.12. The Morgan fingerprint density at radius 1 is 1.11 bits per heavy atom. The predicted octanol–water partition coefficient (Wildman–Crippen LogP) is 2.80. The highest BCUT2D eigenvalue weighted by Gasteiger charge is 2.24. The number of urea groups is 1. The molecular weight excluding hydrogens is 346 g/mol. The molecule has 1 fully saturated rings. The van der Waals surface area contributed by atoms with Crippen molar-refractivity contribution in [1.82, 2.24) is 19.6 Å². The lowest BCUT2D eigenvalue weighted by Crippen LogP contribution is -2.51. The van der Waals surface area contributed by atoms with Crippen molar-refractivity contribution in [2.75, 3.05) is 38.1 Å². The van der Waals surface area contributed by atoms with E-state index in [9.17, 15) is 9.59 Å². The number of aryl methyl sites for hydroxylation is 2. The van der Waals surface area contributed by atoms with Gasteiger partial charge in [-0.25, -0.2) is 14.3 Å². The zero-order valence-electron chi connectivity index (χ0n) is 15.9. The molecule has 2 aromatic rings. The van der Waals surface area contributed by atoms with Crippen molar-refractivity contribution in [2.24, 2.45) is 0 Å². The molecular formula is C19H25N5O3. The van der Waals surface area contributed by atoms with Gasteiger partial charge in [-0.2, -0.15) is 5.10 Å². The third kappa shape index (κ3) is 4.39. The molecule has 3 amide bonds. The first-order valence-electron chi connectivity index (χ1n) is 9.09. The van der Waals surface area contributed by atoms with Gasteiger partial charge in [0, 0.05) is 37.6 Å². The van der Waals surface area contributed by atoms with Gasteiger partial charge in [0.1, 0.15) is 0 Å². The number of hydrogen-bond acceptors (Lipinski definition) is 4. The van der Waals surface area contributed by atoms with Crippen LogP contribution in [0.25, 0.3) is 5.69 Å². The Hall–Kier alpha value is -3.03. The summed E-state index contributed by atoms with van der Waals surface area (Å²) >= 11 is 0. The van der Waals surface area contributed by atoms with Crippen molar-refractivity contribution in [3.63, 3.8) is 0 Å². The quantitative estimate of drug-likeness (QED) is 0.900. The molecule has 2 heterocycles. The van der Waals surface area contributed by atoms with E-state index in [0.717, 1.165) is 17.1 Å². The van der Waals surface area contributed by atoms with Crippen molar-refractivity contribution in [3.8, 4) is 5.69 Å². The van der Waals surface area contributed by atoms with E-state index in [0.29, 0.717) is 38.5 Å². The summed E-state index contributed by atoms with van der Waals surface area (Å²) < 4.78 is 6.85. The molecule has 0 saturated carbocycles. The van der Waals surface area contributed by atoms with Crippen LogP contribution in [-0.4, -0.2) is 64.5 Å². The molecule has 0 unspecified atom stereocenters.